The number of hydrogen-bond donors (Lipinski definition) is 1. The smallest absolute Gasteiger partial charge is 0.363 e. The molecule has 0 unspecified atom stereocenters. The zero-order chi connectivity index (χ0) is 23.0. The maximum absolute atomic E-state index is 13.9. The largest absolute Gasteiger partial charge is 0.410 e. The van der Waals surface area contributed by atoms with Crippen molar-refractivity contribution in [3.63, 3.8) is 0 Å². The molecule has 10 heteroatoms. The third-order valence-electron chi connectivity index (χ3n) is 5.36. The van der Waals surface area contributed by atoms with Crippen LogP contribution in [-0.4, -0.2) is 33.8 Å². The molecule has 0 fully saturated rings. The fourth-order valence-corrected chi connectivity index (χ4v) is 4.06. The van der Waals surface area contributed by atoms with Gasteiger partial charge in [0.1, 0.15) is 5.82 Å². The molecule has 1 N–H and O–H groups in total. The van der Waals surface area contributed by atoms with Gasteiger partial charge in [-0.1, -0.05) is 59.6 Å². The van der Waals surface area contributed by atoms with E-state index in [4.69, 9.17) is 23.2 Å². The van der Waals surface area contributed by atoms with Gasteiger partial charge in [-0.2, -0.15) is 18.3 Å². The van der Waals surface area contributed by atoms with E-state index in [9.17, 15) is 18.0 Å². The van der Waals surface area contributed by atoms with Crippen LogP contribution >= 0.6 is 23.2 Å². The average Bonchev–Trinajstić information content (AvgIpc) is 3.18. The first-order valence-electron chi connectivity index (χ1n) is 9.80. The number of fused-ring (bicyclic) bond motifs is 1. The van der Waals surface area contributed by atoms with Crippen LogP contribution in [0.2, 0.25) is 10.0 Å². The lowest BCUT2D eigenvalue weighted by atomic mass is 9.97. The molecule has 1 aliphatic heterocycles. The molecular formula is C22H19Cl2F3N4O. The fourth-order valence-electron chi connectivity index (χ4n) is 3.75. The van der Waals surface area contributed by atoms with Gasteiger partial charge in [-0.3, -0.25) is 4.79 Å². The average molecular weight is 483 g/mol. The summed E-state index contributed by atoms with van der Waals surface area (Å²) in [5.41, 5.74) is 1.41. The molecular weight excluding hydrogens is 464 g/mol. The number of carbonyl (C=O) groups excluding carboxylic acids is 1. The summed E-state index contributed by atoms with van der Waals surface area (Å²) in [4.78, 5) is 14.3. The number of alkyl halides is 3. The van der Waals surface area contributed by atoms with Crippen molar-refractivity contribution in [3.8, 4) is 0 Å². The Balaban J connectivity index is 1.63. The van der Waals surface area contributed by atoms with Crippen LogP contribution in [0.5, 0.6) is 0 Å². The predicted molar refractivity (Wildman–Crippen MR) is 117 cm³/mol. The highest BCUT2D eigenvalue weighted by Gasteiger charge is 2.47. The van der Waals surface area contributed by atoms with Crippen LogP contribution in [0.15, 0.2) is 54.6 Å². The zero-order valence-electron chi connectivity index (χ0n) is 16.9. The van der Waals surface area contributed by atoms with Crippen molar-refractivity contribution in [1.29, 1.82) is 0 Å². The van der Waals surface area contributed by atoms with E-state index < -0.39 is 24.2 Å². The lowest BCUT2D eigenvalue weighted by Crippen LogP contribution is -2.35. The third kappa shape index (κ3) is 4.56. The van der Waals surface area contributed by atoms with Gasteiger partial charge >= 0.3 is 6.18 Å². The van der Waals surface area contributed by atoms with E-state index >= 15 is 0 Å². The lowest BCUT2D eigenvalue weighted by Gasteiger charge is -2.33. The maximum Gasteiger partial charge on any atom is 0.410 e. The van der Waals surface area contributed by atoms with Crippen molar-refractivity contribution in [3.05, 3.63) is 81.5 Å². The summed E-state index contributed by atoms with van der Waals surface area (Å²) in [6.45, 7) is 0.309. The quantitative estimate of drug-likeness (QED) is 0.487. The summed E-state index contributed by atoms with van der Waals surface area (Å²) in [5.74, 6) is -0.351. The highest BCUT2D eigenvalue weighted by Crippen LogP contribution is 2.44. The Hall–Kier alpha value is -2.71. The fraction of sp³-hybridized carbons (Fsp3) is 0.273. The maximum atomic E-state index is 13.9. The Kier molecular flexibility index (Phi) is 6.09. The van der Waals surface area contributed by atoms with Gasteiger partial charge in [-0.15, -0.1) is 0 Å². The van der Waals surface area contributed by atoms with Crippen molar-refractivity contribution in [2.45, 2.75) is 31.2 Å². The van der Waals surface area contributed by atoms with E-state index in [1.807, 2.05) is 30.3 Å². The summed E-state index contributed by atoms with van der Waals surface area (Å²) >= 11 is 12.0. The van der Waals surface area contributed by atoms with Crippen molar-refractivity contribution in [1.82, 2.24) is 14.7 Å². The van der Waals surface area contributed by atoms with Crippen LogP contribution in [0.4, 0.5) is 19.0 Å². The first-order chi connectivity index (χ1) is 15.1. The van der Waals surface area contributed by atoms with Crippen LogP contribution in [-0.2, 0) is 6.54 Å². The van der Waals surface area contributed by atoms with E-state index in [1.165, 1.54) is 11.0 Å². The molecule has 1 amide bonds. The Morgan fingerprint density at radius 3 is 2.53 bits per heavy atom. The van der Waals surface area contributed by atoms with Gasteiger partial charge < -0.3 is 10.2 Å². The molecule has 3 aromatic rings. The Labute approximate surface area is 192 Å². The summed E-state index contributed by atoms with van der Waals surface area (Å²) in [6, 6.07) is 12.8. The number of benzene rings is 2. The second-order valence-electron chi connectivity index (χ2n) is 7.67. The molecule has 2 aromatic carbocycles. The van der Waals surface area contributed by atoms with Crippen molar-refractivity contribution in [2.24, 2.45) is 0 Å². The van der Waals surface area contributed by atoms with Gasteiger partial charge in [-0.05, 0) is 23.3 Å². The molecule has 4 rings (SSSR count). The van der Waals surface area contributed by atoms with E-state index in [0.717, 1.165) is 10.2 Å². The SMILES string of the molecule is CN(Cc1ccccc1)C(=O)c1cc2n(n1)[C@@H](C(F)(F)F)C[C@H](c1ccc(Cl)c(Cl)c1)N2. The van der Waals surface area contributed by atoms with E-state index in [2.05, 4.69) is 10.4 Å². The minimum atomic E-state index is -4.55. The molecule has 1 aliphatic rings. The molecule has 32 heavy (non-hydrogen) atoms. The highest BCUT2D eigenvalue weighted by molar-refractivity contribution is 6.42. The molecule has 0 radical (unpaired) electrons. The summed E-state index contributed by atoms with van der Waals surface area (Å²) in [6.07, 6.45) is -4.85. The summed E-state index contributed by atoms with van der Waals surface area (Å²) in [5, 5.41) is 7.64. The van der Waals surface area contributed by atoms with Gasteiger partial charge in [0.25, 0.3) is 5.91 Å². The number of amides is 1. The third-order valence-corrected chi connectivity index (χ3v) is 6.10. The van der Waals surface area contributed by atoms with Crippen LogP contribution in [0.3, 0.4) is 0 Å². The minimum Gasteiger partial charge on any atom is -0.363 e. The predicted octanol–water partition coefficient (Wildman–Crippen LogP) is 6.12. The van der Waals surface area contributed by atoms with Gasteiger partial charge in [0.15, 0.2) is 11.7 Å². The van der Waals surface area contributed by atoms with Crippen LogP contribution in [0.25, 0.3) is 0 Å². The molecule has 0 saturated heterocycles. The number of aromatic nitrogens is 2. The van der Waals surface area contributed by atoms with Gasteiger partial charge in [-0.25, -0.2) is 4.68 Å². The zero-order valence-corrected chi connectivity index (χ0v) is 18.4. The normalized spacial score (nSPS) is 18.1. The standard InChI is InChI=1S/C22H19Cl2F3N4O/c1-30(12-13-5-3-2-4-6-13)21(32)18-11-20-28-17(14-7-8-15(23)16(24)9-14)10-19(22(25,26)27)31(20)29-18/h2-9,11,17,19,28H,10,12H2,1H3/t17-,19-/m1/s1. The van der Waals surface area contributed by atoms with Crippen molar-refractivity contribution >= 4 is 34.9 Å². The number of nitrogens with one attached hydrogen (secondary N) is 1. The molecule has 0 spiro atoms. The monoisotopic (exact) mass is 482 g/mol. The molecule has 5 nitrogen and oxygen atoms in total. The number of halogens is 5. The highest BCUT2D eigenvalue weighted by atomic mass is 35.5. The number of hydrogen-bond acceptors (Lipinski definition) is 3. The van der Waals surface area contributed by atoms with Crippen LogP contribution in [0.1, 0.15) is 40.1 Å². The molecule has 0 saturated carbocycles. The molecule has 1 aromatic heterocycles. The Morgan fingerprint density at radius 1 is 1.16 bits per heavy atom. The number of nitrogens with zero attached hydrogens (tertiary/aromatic N) is 3. The Bertz CT molecular complexity index is 1130. The van der Waals surface area contributed by atoms with Crippen LogP contribution < -0.4 is 5.32 Å². The van der Waals surface area contributed by atoms with E-state index in [0.29, 0.717) is 17.1 Å². The van der Waals surface area contributed by atoms with Crippen LogP contribution in [0, 0.1) is 0 Å². The summed E-state index contributed by atoms with van der Waals surface area (Å²) < 4.78 is 42.5. The van der Waals surface area contributed by atoms with Crippen molar-refractivity contribution in [2.75, 3.05) is 12.4 Å². The second kappa shape index (κ2) is 8.67. The van der Waals surface area contributed by atoms with E-state index in [-0.39, 0.29) is 23.0 Å². The van der Waals surface area contributed by atoms with Gasteiger partial charge in [0.05, 0.1) is 16.1 Å². The van der Waals surface area contributed by atoms with Gasteiger partial charge in [0, 0.05) is 26.1 Å². The molecule has 0 aliphatic carbocycles. The molecule has 2 atom stereocenters. The topological polar surface area (TPSA) is 50.2 Å². The molecule has 2 heterocycles. The Morgan fingerprint density at radius 2 is 1.88 bits per heavy atom. The first kappa shape index (κ1) is 22.5. The first-order valence-corrected chi connectivity index (χ1v) is 10.6. The lowest BCUT2D eigenvalue weighted by molar-refractivity contribution is -0.173. The summed E-state index contributed by atoms with van der Waals surface area (Å²) in [7, 11) is 1.58. The number of anilines is 1. The number of carbonyl (C=O) groups is 1. The van der Waals surface area contributed by atoms with E-state index in [1.54, 1.807) is 25.2 Å². The second-order valence-corrected chi connectivity index (χ2v) is 8.48. The molecule has 168 valence electrons. The minimum absolute atomic E-state index is 0.0602. The van der Waals surface area contributed by atoms with Gasteiger partial charge in [0.2, 0.25) is 0 Å². The van der Waals surface area contributed by atoms with Crippen molar-refractivity contribution < 1.29 is 18.0 Å². The molecule has 0 bridgehead atoms. The number of rotatable bonds is 4.